The first-order valence-corrected chi connectivity index (χ1v) is 9.77. The summed E-state index contributed by atoms with van der Waals surface area (Å²) in [5, 5.41) is 0.477. The monoisotopic (exact) mass is 415 g/mol. The minimum absolute atomic E-state index is 0.142. The number of amides is 1. The van der Waals surface area contributed by atoms with Gasteiger partial charge in [0.15, 0.2) is 0 Å². The average Bonchev–Trinajstić information content (AvgIpc) is 3.02. The maximum atomic E-state index is 12.8. The average molecular weight is 415 g/mol. The van der Waals surface area contributed by atoms with Crippen LogP contribution >= 0.6 is 11.3 Å². The van der Waals surface area contributed by atoms with Crippen molar-refractivity contribution < 1.29 is 22.7 Å². The van der Waals surface area contributed by atoms with Crippen LogP contribution in [0.1, 0.15) is 29.2 Å². The molecule has 2 rings (SSSR count). The predicted octanol–water partition coefficient (Wildman–Crippen LogP) is 4.43. The van der Waals surface area contributed by atoms with Gasteiger partial charge in [0.2, 0.25) is 0 Å². The molecule has 0 unspecified atom stereocenters. The van der Waals surface area contributed by atoms with E-state index in [1.54, 1.807) is 24.9 Å². The minimum atomic E-state index is -4.76. The molecular weight excluding hydrogens is 391 g/mol. The predicted molar refractivity (Wildman–Crippen MR) is 104 cm³/mol. The summed E-state index contributed by atoms with van der Waals surface area (Å²) in [6.07, 6.45) is -4.76. The van der Waals surface area contributed by atoms with E-state index >= 15 is 0 Å². The molecule has 0 aliphatic rings. The van der Waals surface area contributed by atoms with Gasteiger partial charge in [0.1, 0.15) is 15.6 Å². The highest BCUT2D eigenvalue weighted by atomic mass is 32.1. The molecule has 5 nitrogen and oxygen atoms in total. The molecule has 2 aromatic rings. The number of nitrogens with zero attached hydrogens (tertiary/aromatic N) is 3. The molecule has 0 saturated heterocycles. The molecule has 0 spiro atoms. The molecule has 0 radical (unpaired) electrons. The van der Waals surface area contributed by atoms with Gasteiger partial charge in [-0.3, -0.25) is 4.79 Å². The molecule has 0 bridgehead atoms. The van der Waals surface area contributed by atoms with Crippen LogP contribution in [-0.2, 0) is 0 Å². The second kappa shape index (κ2) is 9.38. The summed E-state index contributed by atoms with van der Waals surface area (Å²) in [7, 11) is 1.74. The van der Waals surface area contributed by atoms with E-state index in [4.69, 9.17) is 0 Å². The molecular formula is C19H24F3N3O2S. The van der Waals surface area contributed by atoms with Crippen LogP contribution in [0.4, 0.5) is 13.2 Å². The van der Waals surface area contributed by atoms with E-state index in [2.05, 4.69) is 28.5 Å². The molecule has 0 atom stereocenters. The minimum Gasteiger partial charge on any atom is -0.406 e. The second-order valence-corrected chi connectivity index (χ2v) is 7.26. The molecule has 0 aliphatic heterocycles. The lowest BCUT2D eigenvalue weighted by atomic mass is 10.2. The Kier molecular flexibility index (Phi) is 7.42. The number of halogens is 3. The number of carbonyl (C=O) groups is 1. The number of benzene rings is 1. The fraction of sp³-hybridized carbons (Fsp3) is 0.474. The van der Waals surface area contributed by atoms with Gasteiger partial charge in [-0.15, -0.1) is 24.5 Å². The number of alkyl halides is 3. The summed E-state index contributed by atoms with van der Waals surface area (Å²) in [5.74, 6) is -0.460. The molecule has 0 saturated carbocycles. The SMILES string of the molecule is CCN(CC)CCN(C)C(=O)c1sc(-c2cccc(OC(F)(F)F)c2)nc1C. The lowest BCUT2D eigenvalue weighted by molar-refractivity contribution is -0.274. The summed E-state index contributed by atoms with van der Waals surface area (Å²) < 4.78 is 41.2. The summed E-state index contributed by atoms with van der Waals surface area (Å²) >= 11 is 1.17. The van der Waals surface area contributed by atoms with Crippen LogP contribution in [0.3, 0.4) is 0 Å². The normalized spacial score (nSPS) is 11.7. The third-order valence-corrected chi connectivity index (χ3v) is 5.49. The lowest BCUT2D eigenvalue weighted by Gasteiger charge is -2.22. The summed E-state index contributed by atoms with van der Waals surface area (Å²) in [6, 6.07) is 5.60. The van der Waals surface area contributed by atoms with E-state index in [0.717, 1.165) is 19.6 Å². The van der Waals surface area contributed by atoms with Crippen molar-refractivity contribution in [1.29, 1.82) is 0 Å². The van der Waals surface area contributed by atoms with Crippen molar-refractivity contribution in [2.75, 3.05) is 33.2 Å². The van der Waals surface area contributed by atoms with Crippen LogP contribution < -0.4 is 4.74 Å². The van der Waals surface area contributed by atoms with E-state index in [9.17, 15) is 18.0 Å². The Balaban J connectivity index is 2.16. The highest BCUT2D eigenvalue weighted by Crippen LogP contribution is 2.32. The molecule has 28 heavy (non-hydrogen) atoms. The first-order chi connectivity index (χ1) is 13.1. The molecule has 0 aliphatic carbocycles. The summed E-state index contributed by atoms with van der Waals surface area (Å²) in [5.41, 5.74) is 1.03. The quantitative estimate of drug-likeness (QED) is 0.640. The fourth-order valence-corrected chi connectivity index (χ4v) is 3.71. The number of ether oxygens (including phenoxy) is 1. The van der Waals surface area contributed by atoms with Gasteiger partial charge in [0.25, 0.3) is 5.91 Å². The molecule has 1 aromatic heterocycles. The van der Waals surface area contributed by atoms with Gasteiger partial charge in [0, 0.05) is 25.7 Å². The molecule has 0 N–H and O–H groups in total. The van der Waals surface area contributed by atoms with E-state index in [0.29, 0.717) is 27.7 Å². The number of carbonyl (C=O) groups excluding carboxylic acids is 1. The van der Waals surface area contributed by atoms with Gasteiger partial charge < -0.3 is 14.5 Å². The number of hydrogen-bond acceptors (Lipinski definition) is 5. The van der Waals surface area contributed by atoms with Gasteiger partial charge in [-0.2, -0.15) is 0 Å². The Morgan fingerprint density at radius 1 is 1.21 bits per heavy atom. The first-order valence-electron chi connectivity index (χ1n) is 8.96. The summed E-state index contributed by atoms with van der Waals surface area (Å²) in [4.78, 5) is 21.5. The summed E-state index contributed by atoms with van der Waals surface area (Å²) in [6.45, 7) is 9.06. The number of aryl methyl sites for hydroxylation is 1. The number of aromatic nitrogens is 1. The van der Waals surface area contributed by atoms with E-state index in [1.807, 2.05) is 0 Å². The molecule has 1 heterocycles. The van der Waals surface area contributed by atoms with Crippen molar-refractivity contribution in [1.82, 2.24) is 14.8 Å². The zero-order valence-electron chi connectivity index (χ0n) is 16.3. The Morgan fingerprint density at radius 3 is 2.50 bits per heavy atom. The zero-order valence-corrected chi connectivity index (χ0v) is 17.2. The van der Waals surface area contributed by atoms with Crippen molar-refractivity contribution in [3.05, 3.63) is 34.8 Å². The Hall–Kier alpha value is -2.13. The first kappa shape index (κ1) is 22.2. The van der Waals surface area contributed by atoms with Gasteiger partial charge in [-0.05, 0) is 32.1 Å². The standard InChI is InChI=1S/C19H24F3N3O2S/c1-5-25(6-2)11-10-24(4)18(26)16-13(3)23-17(28-16)14-8-7-9-15(12-14)27-19(20,21)22/h7-9,12H,5-6,10-11H2,1-4H3. The number of likely N-dealkylation sites (N-methyl/N-ethyl adjacent to an activating group) is 2. The number of hydrogen-bond donors (Lipinski definition) is 0. The van der Waals surface area contributed by atoms with Gasteiger partial charge in [-0.25, -0.2) is 4.98 Å². The van der Waals surface area contributed by atoms with Crippen molar-refractivity contribution in [2.45, 2.75) is 27.1 Å². The largest absolute Gasteiger partial charge is 0.573 e. The van der Waals surface area contributed by atoms with Crippen LogP contribution in [0.25, 0.3) is 10.6 Å². The lowest BCUT2D eigenvalue weighted by Crippen LogP contribution is -2.36. The Labute approximate surface area is 166 Å². The van der Waals surface area contributed by atoms with Crippen LogP contribution in [0.5, 0.6) is 5.75 Å². The second-order valence-electron chi connectivity index (χ2n) is 6.26. The molecule has 9 heteroatoms. The van der Waals surface area contributed by atoms with Crippen LogP contribution in [0.15, 0.2) is 24.3 Å². The van der Waals surface area contributed by atoms with E-state index < -0.39 is 6.36 Å². The van der Waals surface area contributed by atoms with Crippen molar-refractivity contribution in [2.24, 2.45) is 0 Å². The van der Waals surface area contributed by atoms with Crippen molar-refractivity contribution in [3.8, 4) is 16.3 Å². The van der Waals surface area contributed by atoms with Crippen LogP contribution in [0, 0.1) is 6.92 Å². The highest BCUT2D eigenvalue weighted by molar-refractivity contribution is 7.17. The Morgan fingerprint density at radius 2 is 1.89 bits per heavy atom. The maximum Gasteiger partial charge on any atom is 0.573 e. The van der Waals surface area contributed by atoms with Gasteiger partial charge in [-0.1, -0.05) is 26.0 Å². The number of rotatable bonds is 8. The van der Waals surface area contributed by atoms with Crippen LogP contribution in [-0.4, -0.2) is 60.3 Å². The van der Waals surface area contributed by atoms with Crippen LogP contribution in [0.2, 0.25) is 0 Å². The van der Waals surface area contributed by atoms with Crippen molar-refractivity contribution >= 4 is 17.2 Å². The third kappa shape index (κ3) is 5.93. The zero-order chi connectivity index (χ0) is 20.9. The van der Waals surface area contributed by atoms with E-state index in [-0.39, 0.29) is 11.7 Å². The molecule has 154 valence electrons. The van der Waals surface area contributed by atoms with Gasteiger partial charge >= 0.3 is 6.36 Å². The molecule has 0 fully saturated rings. The topological polar surface area (TPSA) is 45.7 Å². The fourth-order valence-electron chi connectivity index (χ4n) is 2.65. The van der Waals surface area contributed by atoms with E-state index in [1.165, 1.54) is 29.5 Å². The van der Waals surface area contributed by atoms with Crippen molar-refractivity contribution in [3.63, 3.8) is 0 Å². The third-order valence-electron chi connectivity index (χ3n) is 4.30. The molecule has 1 aromatic carbocycles. The smallest absolute Gasteiger partial charge is 0.406 e. The highest BCUT2D eigenvalue weighted by Gasteiger charge is 2.31. The Bertz CT molecular complexity index is 804. The molecule has 1 amide bonds. The number of thiazole rings is 1. The van der Waals surface area contributed by atoms with Gasteiger partial charge in [0.05, 0.1) is 5.69 Å². The maximum absolute atomic E-state index is 12.8.